The van der Waals surface area contributed by atoms with Crippen LogP contribution in [0.2, 0.25) is 0 Å². The van der Waals surface area contributed by atoms with Crippen LogP contribution in [0.15, 0.2) is 0 Å². The Bertz CT molecular complexity index is 152. The van der Waals surface area contributed by atoms with Crippen molar-refractivity contribution in [2.45, 2.75) is 46.5 Å². The Morgan fingerprint density at radius 1 is 1.25 bits per heavy atom. The van der Waals surface area contributed by atoms with Gasteiger partial charge in [-0.3, -0.25) is 4.79 Å². The monoisotopic (exact) mass is 168 g/mol. The molecule has 12 heavy (non-hydrogen) atoms. The summed E-state index contributed by atoms with van der Waals surface area (Å²) in [6.45, 7) is 6.44. The number of carbonyl (C=O) groups is 1. The molecule has 0 spiro atoms. The highest BCUT2D eigenvalue weighted by Crippen LogP contribution is 2.35. The summed E-state index contributed by atoms with van der Waals surface area (Å²) >= 11 is 0. The van der Waals surface area contributed by atoms with E-state index in [9.17, 15) is 4.79 Å². The number of rotatable bonds is 2. The molecule has 0 aromatic carbocycles. The van der Waals surface area contributed by atoms with Crippen molar-refractivity contribution in [3.8, 4) is 0 Å². The fraction of sp³-hybridized carbons (Fsp3) is 0.909. The lowest BCUT2D eigenvalue weighted by Gasteiger charge is -2.33. The van der Waals surface area contributed by atoms with Crippen LogP contribution in [0.1, 0.15) is 46.5 Å². The molecule has 0 aromatic rings. The maximum absolute atomic E-state index is 11.6. The first-order valence-electron chi connectivity index (χ1n) is 5.19. The lowest BCUT2D eigenvalue weighted by molar-refractivity contribution is -0.126. The predicted molar refractivity (Wildman–Crippen MR) is 51.0 cm³/mol. The summed E-state index contributed by atoms with van der Waals surface area (Å²) in [5.41, 5.74) is 0. The summed E-state index contributed by atoms with van der Waals surface area (Å²) in [4.78, 5) is 11.6. The minimum Gasteiger partial charge on any atom is -0.299 e. The first-order chi connectivity index (χ1) is 5.66. The van der Waals surface area contributed by atoms with Crippen molar-refractivity contribution in [1.82, 2.24) is 0 Å². The van der Waals surface area contributed by atoms with Crippen molar-refractivity contribution >= 4 is 5.78 Å². The molecule has 0 heterocycles. The quantitative estimate of drug-likeness (QED) is 0.619. The maximum Gasteiger partial charge on any atom is 0.136 e. The minimum absolute atomic E-state index is 0.365. The van der Waals surface area contributed by atoms with Crippen molar-refractivity contribution in [2.24, 2.45) is 17.8 Å². The third kappa shape index (κ3) is 1.88. The van der Waals surface area contributed by atoms with E-state index in [2.05, 4.69) is 13.8 Å². The molecule has 0 amide bonds. The van der Waals surface area contributed by atoms with Crippen LogP contribution in [-0.2, 0) is 4.79 Å². The molecular formula is C11H20O. The molecule has 70 valence electrons. The van der Waals surface area contributed by atoms with E-state index in [1.54, 1.807) is 0 Å². The van der Waals surface area contributed by atoms with Gasteiger partial charge in [-0.2, -0.15) is 0 Å². The lowest BCUT2D eigenvalue weighted by atomic mass is 9.71. The molecule has 1 nitrogen and oxygen atoms in total. The lowest BCUT2D eigenvalue weighted by Crippen LogP contribution is -2.31. The molecule has 2 atom stereocenters. The zero-order chi connectivity index (χ0) is 9.14. The average molecular weight is 168 g/mol. The second-order valence-corrected chi connectivity index (χ2v) is 4.23. The summed E-state index contributed by atoms with van der Waals surface area (Å²) in [6, 6.07) is 0. The van der Waals surface area contributed by atoms with Crippen LogP contribution in [0.3, 0.4) is 0 Å². The molecule has 1 heteroatoms. The van der Waals surface area contributed by atoms with E-state index < -0.39 is 0 Å². The summed E-state index contributed by atoms with van der Waals surface area (Å²) in [5.74, 6) is 2.10. The van der Waals surface area contributed by atoms with E-state index >= 15 is 0 Å². The zero-order valence-electron chi connectivity index (χ0n) is 8.47. The maximum atomic E-state index is 11.6. The standard InChI is InChI=1S/C11H20O/c1-4-10(12)11-8(2)6-5-7-9(11)3/h8-9,11H,4-7H2,1-3H3. The molecule has 2 unspecified atom stereocenters. The van der Waals surface area contributed by atoms with Gasteiger partial charge in [0.15, 0.2) is 0 Å². The Kier molecular flexibility index (Phi) is 3.30. The molecule has 1 aliphatic carbocycles. The van der Waals surface area contributed by atoms with Crippen LogP contribution in [0, 0.1) is 17.8 Å². The zero-order valence-corrected chi connectivity index (χ0v) is 8.47. The van der Waals surface area contributed by atoms with Crippen LogP contribution in [0.5, 0.6) is 0 Å². The van der Waals surface area contributed by atoms with Gasteiger partial charge in [-0.1, -0.05) is 40.0 Å². The topological polar surface area (TPSA) is 17.1 Å². The Morgan fingerprint density at radius 3 is 2.17 bits per heavy atom. The molecule has 0 N–H and O–H groups in total. The molecular weight excluding hydrogens is 148 g/mol. The van der Waals surface area contributed by atoms with Crippen molar-refractivity contribution < 1.29 is 4.79 Å². The molecule has 1 aliphatic rings. The highest BCUT2D eigenvalue weighted by molar-refractivity contribution is 5.81. The fourth-order valence-electron chi connectivity index (χ4n) is 2.55. The summed E-state index contributed by atoms with van der Waals surface area (Å²) < 4.78 is 0. The van der Waals surface area contributed by atoms with E-state index in [0.717, 1.165) is 6.42 Å². The first kappa shape index (κ1) is 9.76. The van der Waals surface area contributed by atoms with Crippen LogP contribution in [-0.4, -0.2) is 5.78 Å². The predicted octanol–water partition coefficient (Wildman–Crippen LogP) is 3.04. The summed E-state index contributed by atoms with van der Waals surface area (Å²) in [7, 11) is 0. The van der Waals surface area contributed by atoms with Crippen molar-refractivity contribution in [3.05, 3.63) is 0 Å². The molecule has 0 bridgehead atoms. The summed E-state index contributed by atoms with van der Waals surface area (Å²) in [6.07, 6.45) is 4.54. The third-order valence-corrected chi connectivity index (χ3v) is 3.27. The number of hydrogen-bond donors (Lipinski definition) is 0. The van der Waals surface area contributed by atoms with Gasteiger partial charge in [0.2, 0.25) is 0 Å². The fourth-order valence-corrected chi connectivity index (χ4v) is 2.55. The van der Waals surface area contributed by atoms with E-state index in [4.69, 9.17) is 0 Å². The average Bonchev–Trinajstić information content (AvgIpc) is 2.03. The Hall–Kier alpha value is -0.330. The van der Waals surface area contributed by atoms with Crippen LogP contribution in [0.25, 0.3) is 0 Å². The van der Waals surface area contributed by atoms with Crippen LogP contribution >= 0.6 is 0 Å². The van der Waals surface area contributed by atoms with Gasteiger partial charge >= 0.3 is 0 Å². The third-order valence-electron chi connectivity index (χ3n) is 3.27. The minimum atomic E-state index is 0.365. The van der Waals surface area contributed by atoms with E-state index in [-0.39, 0.29) is 0 Å². The summed E-state index contributed by atoms with van der Waals surface area (Å²) in [5, 5.41) is 0. The van der Waals surface area contributed by atoms with E-state index in [0.29, 0.717) is 23.5 Å². The second-order valence-electron chi connectivity index (χ2n) is 4.23. The van der Waals surface area contributed by atoms with E-state index in [1.807, 2.05) is 6.92 Å². The SMILES string of the molecule is CCC(=O)C1C(C)CCCC1C. The smallest absolute Gasteiger partial charge is 0.136 e. The first-order valence-corrected chi connectivity index (χ1v) is 5.19. The Labute approximate surface area is 75.5 Å². The van der Waals surface area contributed by atoms with Crippen LogP contribution < -0.4 is 0 Å². The normalized spacial score (nSPS) is 36.4. The number of carbonyl (C=O) groups excluding carboxylic acids is 1. The van der Waals surface area contributed by atoms with Crippen molar-refractivity contribution in [2.75, 3.05) is 0 Å². The van der Waals surface area contributed by atoms with Crippen molar-refractivity contribution in [3.63, 3.8) is 0 Å². The van der Waals surface area contributed by atoms with Crippen LogP contribution in [0.4, 0.5) is 0 Å². The van der Waals surface area contributed by atoms with Gasteiger partial charge in [-0.05, 0) is 11.8 Å². The Balaban J connectivity index is 2.62. The number of ketones is 1. The van der Waals surface area contributed by atoms with Gasteiger partial charge in [0.05, 0.1) is 0 Å². The van der Waals surface area contributed by atoms with Crippen molar-refractivity contribution in [1.29, 1.82) is 0 Å². The molecule has 1 saturated carbocycles. The van der Waals surface area contributed by atoms with Gasteiger partial charge < -0.3 is 0 Å². The van der Waals surface area contributed by atoms with Gasteiger partial charge in [0.25, 0.3) is 0 Å². The molecule has 0 radical (unpaired) electrons. The molecule has 1 fully saturated rings. The highest BCUT2D eigenvalue weighted by Gasteiger charge is 2.31. The second kappa shape index (κ2) is 4.06. The van der Waals surface area contributed by atoms with Gasteiger partial charge in [0.1, 0.15) is 5.78 Å². The highest BCUT2D eigenvalue weighted by atomic mass is 16.1. The molecule has 0 saturated heterocycles. The molecule has 0 aliphatic heterocycles. The largest absolute Gasteiger partial charge is 0.299 e. The molecule has 0 aromatic heterocycles. The van der Waals surface area contributed by atoms with Gasteiger partial charge in [-0.15, -0.1) is 0 Å². The number of hydrogen-bond acceptors (Lipinski definition) is 1. The van der Waals surface area contributed by atoms with Gasteiger partial charge in [-0.25, -0.2) is 0 Å². The van der Waals surface area contributed by atoms with E-state index in [1.165, 1.54) is 19.3 Å². The van der Waals surface area contributed by atoms with Gasteiger partial charge in [0, 0.05) is 12.3 Å². The number of Topliss-reactive ketones (excluding diaryl/α,β-unsaturated/α-hetero) is 1. The molecule has 1 rings (SSSR count). The Morgan fingerprint density at radius 2 is 1.75 bits per heavy atom.